The molecule has 2 rings (SSSR count). The Morgan fingerprint density at radius 2 is 2.00 bits per heavy atom. The highest BCUT2D eigenvalue weighted by Crippen LogP contribution is 2.25. The van der Waals surface area contributed by atoms with Gasteiger partial charge in [-0.05, 0) is 40.7 Å². The minimum Gasteiger partial charge on any atom is -0.444 e. The van der Waals surface area contributed by atoms with E-state index in [4.69, 9.17) is 9.72 Å². The Morgan fingerprint density at radius 1 is 1.36 bits per heavy atom. The number of carbonyl (C=O) groups is 2. The second kappa shape index (κ2) is 6.90. The van der Waals surface area contributed by atoms with Crippen molar-refractivity contribution in [3.8, 4) is 0 Å². The summed E-state index contributed by atoms with van der Waals surface area (Å²) < 4.78 is 5.39. The zero-order valence-electron chi connectivity index (χ0n) is 16.1. The molecular formula is C18H28N4O3. The van der Waals surface area contributed by atoms with Crippen LogP contribution in [0.5, 0.6) is 0 Å². The van der Waals surface area contributed by atoms with Crippen LogP contribution in [0.1, 0.15) is 56.2 Å². The normalized spacial score (nSPS) is 13.5. The average Bonchev–Trinajstić information content (AvgIpc) is 2.86. The minimum atomic E-state index is -0.558. The summed E-state index contributed by atoms with van der Waals surface area (Å²) >= 11 is 0. The molecule has 1 aliphatic rings. The maximum atomic E-state index is 12.2. The summed E-state index contributed by atoms with van der Waals surface area (Å²) in [6, 6.07) is 2.06. The molecule has 2 heterocycles. The van der Waals surface area contributed by atoms with Crippen LogP contribution in [0.25, 0.3) is 0 Å². The maximum absolute atomic E-state index is 12.2. The molecule has 7 nitrogen and oxygen atoms in total. The van der Waals surface area contributed by atoms with E-state index < -0.39 is 11.7 Å². The highest BCUT2D eigenvalue weighted by atomic mass is 16.6. The number of hydrogen-bond acceptors (Lipinski definition) is 5. The predicted molar refractivity (Wildman–Crippen MR) is 96.6 cm³/mol. The van der Waals surface area contributed by atoms with Crippen LogP contribution in [-0.4, -0.2) is 47.6 Å². The van der Waals surface area contributed by atoms with Gasteiger partial charge in [-0.2, -0.15) is 0 Å². The van der Waals surface area contributed by atoms with Gasteiger partial charge < -0.3 is 19.9 Å². The number of nitrogens with zero attached hydrogens (tertiary/aromatic N) is 3. The van der Waals surface area contributed by atoms with Gasteiger partial charge in [0.25, 0.3) is 5.91 Å². The number of hydrogen-bond donors (Lipinski definition) is 1. The molecule has 0 aliphatic carbocycles. The molecule has 138 valence electrons. The van der Waals surface area contributed by atoms with E-state index >= 15 is 0 Å². The topological polar surface area (TPSA) is 74.8 Å². The van der Waals surface area contributed by atoms with Crippen molar-refractivity contribution in [2.24, 2.45) is 0 Å². The summed E-state index contributed by atoms with van der Waals surface area (Å²) in [7, 11) is 3.61. The molecule has 1 aliphatic heterocycles. The molecule has 1 N–H and O–H groups in total. The SMILES string of the molecule is CC(C)N(C)c1cc2c(c(CN(C)C(=O)OC(C)(C)C)n1)CNC2=O. The number of ether oxygens (including phenoxy) is 1. The molecule has 0 saturated heterocycles. The first-order valence-corrected chi connectivity index (χ1v) is 8.47. The second-order valence-corrected chi connectivity index (χ2v) is 7.68. The lowest BCUT2D eigenvalue weighted by Gasteiger charge is -2.26. The number of aromatic nitrogens is 1. The Kier molecular flexibility index (Phi) is 5.25. The monoisotopic (exact) mass is 348 g/mol. The fourth-order valence-electron chi connectivity index (χ4n) is 2.48. The van der Waals surface area contributed by atoms with Crippen molar-refractivity contribution in [3.05, 3.63) is 22.9 Å². The van der Waals surface area contributed by atoms with Crippen molar-refractivity contribution < 1.29 is 14.3 Å². The fourth-order valence-corrected chi connectivity index (χ4v) is 2.48. The number of pyridine rings is 1. The molecule has 1 aromatic heterocycles. The molecule has 0 radical (unpaired) electrons. The highest BCUT2D eigenvalue weighted by molar-refractivity contribution is 5.99. The standard InChI is InChI=1S/C18H28N4O3/c1-11(2)22(7)15-8-12-13(9-19-16(12)23)14(20-15)10-21(6)17(24)25-18(3,4)5/h8,11H,9-10H2,1-7H3,(H,19,23). The van der Waals surface area contributed by atoms with Crippen molar-refractivity contribution >= 4 is 17.8 Å². The van der Waals surface area contributed by atoms with Gasteiger partial charge in [-0.3, -0.25) is 4.79 Å². The summed E-state index contributed by atoms with van der Waals surface area (Å²) in [6.07, 6.45) is -0.414. The van der Waals surface area contributed by atoms with Gasteiger partial charge in [-0.15, -0.1) is 0 Å². The minimum absolute atomic E-state index is 0.100. The lowest BCUT2D eigenvalue weighted by Crippen LogP contribution is -2.34. The first-order valence-electron chi connectivity index (χ1n) is 8.47. The summed E-state index contributed by atoms with van der Waals surface area (Å²) in [5, 5.41) is 2.83. The van der Waals surface area contributed by atoms with Gasteiger partial charge in [-0.1, -0.05) is 0 Å². The van der Waals surface area contributed by atoms with Crippen LogP contribution >= 0.6 is 0 Å². The van der Waals surface area contributed by atoms with E-state index in [1.807, 2.05) is 38.8 Å². The van der Waals surface area contributed by atoms with Crippen LogP contribution in [0.4, 0.5) is 10.6 Å². The molecule has 0 fully saturated rings. The van der Waals surface area contributed by atoms with E-state index in [2.05, 4.69) is 19.2 Å². The van der Waals surface area contributed by atoms with E-state index in [9.17, 15) is 9.59 Å². The van der Waals surface area contributed by atoms with E-state index in [0.717, 1.165) is 11.4 Å². The number of rotatable bonds is 4. The third-order valence-corrected chi connectivity index (χ3v) is 4.09. The van der Waals surface area contributed by atoms with Crippen molar-refractivity contribution in [3.63, 3.8) is 0 Å². The lowest BCUT2D eigenvalue weighted by molar-refractivity contribution is 0.0282. The molecule has 0 spiro atoms. The van der Waals surface area contributed by atoms with E-state index in [-0.39, 0.29) is 18.5 Å². The fraction of sp³-hybridized carbons (Fsp3) is 0.611. The molecule has 0 bridgehead atoms. The van der Waals surface area contributed by atoms with Crippen molar-refractivity contribution in [2.75, 3.05) is 19.0 Å². The Hall–Kier alpha value is -2.31. The van der Waals surface area contributed by atoms with Gasteiger partial charge in [0, 0.05) is 37.8 Å². The van der Waals surface area contributed by atoms with Gasteiger partial charge in [0.15, 0.2) is 0 Å². The maximum Gasteiger partial charge on any atom is 0.410 e. The highest BCUT2D eigenvalue weighted by Gasteiger charge is 2.27. The van der Waals surface area contributed by atoms with Gasteiger partial charge in [0.2, 0.25) is 0 Å². The zero-order valence-corrected chi connectivity index (χ0v) is 16.1. The van der Waals surface area contributed by atoms with E-state index in [1.165, 1.54) is 4.90 Å². The first-order chi connectivity index (χ1) is 11.5. The number of nitrogens with one attached hydrogen (secondary N) is 1. The van der Waals surface area contributed by atoms with Crippen LogP contribution in [0, 0.1) is 0 Å². The summed E-state index contributed by atoms with van der Waals surface area (Å²) in [4.78, 5) is 32.5. The third-order valence-electron chi connectivity index (χ3n) is 4.09. The zero-order chi connectivity index (χ0) is 18.9. The lowest BCUT2D eigenvalue weighted by atomic mass is 10.1. The quantitative estimate of drug-likeness (QED) is 0.905. The Morgan fingerprint density at radius 3 is 2.56 bits per heavy atom. The van der Waals surface area contributed by atoms with Crippen LogP contribution < -0.4 is 10.2 Å². The van der Waals surface area contributed by atoms with Crippen molar-refractivity contribution in [1.82, 2.24) is 15.2 Å². The molecule has 1 aromatic rings. The van der Waals surface area contributed by atoms with Crippen molar-refractivity contribution in [2.45, 2.75) is 59.4 Å². The van der Waals surface area contributed by atoms with Gasteiger partial charge in [-0.25, -0.2) is 9.78 Å². The second-order valence-electron chi connectivity index (χ2n) is 7.68. The Balaban J connectivity index is 2.32. The number of amides is 2. The smallest absolute Gasteiger partial charge is 0.410 e. The average molecular weight is 348 g/mol. The number of carbonyl (C=O) groups excluding carboxylic acids is 2. The summed E-state index contributed by atoms with van der Waals surface area (Å²) in [5.41, 5.74) is 1.64. The third kappa shape index (κ3) is 4.41. The van der Waals surface area contributed by atoms with Gasteiger partial charge in [0.05, 0.1) is 12.2 Å². The number of fused-ring (bicyclic) bond motifs is 1. The van der Waals surface area contributed by atoms with Crippen LogP contribution in [0.2, 0.25) is 0 Å². The van der Waals surface area contributed by atoms with Crippen LogP contribution in [0.3, 0.4) is 0 Å². The molecule has 0 aromatic carbocycles. The predicted octanol–water partition coefficient (Wildman–Crippen LogP) is 2.54. The van der Waals surface area contributed by atoms with E-state index in [1.54, 1.807) is 7.05 Å². The molecule has 0 saturated carbocycles. The van der Waals surface area contributed by atoms with Gasteiger partial charge in [0.1, 0.15) is 11.4 Å². The molecule has 7 heteroatoms. The van der Waals surface area contributed by atoms with Gasteiger partial charge >= 0.3 is 6.09 Å². The molecule has 0 unspecified atom stereocenters. The van der Waals surface area contributed by atoms with E-state index in [0.29, 0.717) is 17.8 Å². The molecule has 2 amide bonds. The summed E-state index contributed by atoms with van der Waals surface area (Å²) in [5.74, 6) is 0.621. The first kappa shape index (κ1) is 19.0. The molecular weight excluding hydrogens is 320 g/mol. The Labute approximate surface area is 149 Å². The largest absolute Gasteiger partial charge is 0.444 e. The van der Waals surface area contributed by atoms with Crippen LogP contribution in [-0.2, 0) is 17.8 Å². The molecule has 0 atom stereocenters. The molecule has 25 heavy (non-hydrogen) atoms. The van der Waals surface area contributed by atoms with Crippen molar-refractivity contribution in [1.29, 1.82) is 0 Å². The van der Waals surface area contributed by atoms with Crippen LogP contribution in [0.15, 0.2) is 6.07 Å². The Bertz CT molecular complexity index is 680. The number of anilines is 1. The summed E-state index contributed by atoms with van der Waals surface area (Å²) in [6.45, 7) is 10.3.